The van der Waals surface area contributed by atoms with Gasteiger partial charge in [0.05, 0.1) is 10.9 Å². The number of rotatable bonds is 3. The maximum Gasteiger partial charge on any atom is 0.261 e. The second-order valence-electron chi connectivity index (χ2n) is 4.74. The van der Waals surface area contributed by atoms with Crippen LogP contribution in [-0.4, -0.2) is 10.9 Å². The van der Waals surface area contributed by atoms with Crippen LogP contribution in [0.2, 0.25) is 0 Å². The van der Waals surface area contributed by atoms with Gasteiger partial charge in [0.2, 0.25) is 0 Å². The Hall–Kier alpha value is -2.27. The summed E-state index contributed by atoms with van der Waals surface area (Å²) < 4.78 is 14.4. The predicted octanol–water partition coefficient (Wildman–Crippen LogP) is 3.93. The maximum atomic E-state index is 13.7. The molecule has 1 N–H and O–H groups in total. The van der Waals surface area contributed by atoms with Crippen molar-refractivity contribution in [3.8, 4) is 0 Å². The highest BCUT2D eigenvalue weighted by molar-refractivity contribution is 7.20. The van der Waals surface area contributed by atoms with E-state index in [4.69, 9.17) is 0 Å². The van der Waals surface area contributed by atoms with E-state index in [1.54, 1.807) is 24.5 Å². The molecule has 0 aliphatic heterocycles. The van der Waals surface area contributed by atoms with E-state index < -0.39 is 0 Å². The van der Waals surface area contributed by atoms with E-state index in [1.165, 1.54) is 17.4 Å². The van der Waals surface area contributed by atoms with Gasteiger partial charge in [-0.2, -0.15) is 0 Å². The lowest BCUT2D eigenvalue weighted by Crippen LogP contribution is -2.25. The summed E-state index contributed by atoms with van der Waals surface area (Å²) in [4.78, 5) is 16.7. The van der Waals surface area contributed by atoms with Crippen molar-refractivity contribution in [2.75, 3.05) is 0 Å². The Labute approximate surface area is 125 Å². The molecule has 5 heteroatoms. The Morgan fingerprint density at radius 2 is 2.05 bits per heavy atom. The minimum Gasteiger partial charge on any atom is -0.345 e. The average molecular weight is 300 g/mol. The molecule has 0 radical (unpaired) electrons. The van der Waals surface area contributed by atoms with Crippen LogP contribution in [0.15, 0.2) is 48.8 Å². The summed E-state index contributed by atoms with van der Waals surface area (Å²) in [6, 6.07) is 10.0. The fourth-order valence-corrected chi connectivity index (χ4v) is 3.12. The largest absolute Gasteiger partial charge is 0.345 e. The van der Waals surface area contributed by atoms with Crippen LogP contribution in [0.4, 0.5) is 4.39 Å². The molecule has 1 aromatic carbocycles. The molecular formula is C16H13FN2OS. The van der Waals surface area contributed by atoms with E-state index >= 15 is 0 Å². The fourth-order valence-electron chi connectivity index (χ4n) is 2.14. The molecule has 0 aliphatic rings. The lowest BCUT2D eigenvalue weighted by molar-refractivity contribution is 0.0944. The van der Waals surface area contributed by atoms with E-state index in [0.717, 1.165) is 10.3 Å². The number of pyridine rings is 1. The van der Waals surface area contributed by atoms with Gasteiger partial charge in [-0.15, -0.1) is 11.3 Å². The van der Waals surface area contributed by atoms with Crippen LogP contribution in [-0.2, 0) is 0 Å². The number of amides is 1. The number of aromatic nitrogens is 1. The van der Waals surface area contributed by atoms with Crippen molar-refractivity contribution in [3.63, 3.8) is 0 Å². The number of nitrogens with one attached hydrogen (secondary N) is 1. The SMILES string of the molecule is C[C@@H](NC(=O)c1cc2c(F)cccc2s1)c1ccncc1. The molecule has 1 amide bonds. The van der Waals surface area contributed by atoms with Gasteiger partial charge in [-0.3, -0.25) is 9.78 Å². The molecule has 3 aromatic rings. The summed E-state index contributed by atoms with van der Waals surface area (Å²) >= 11 is 1.29. The molecule has 1 atom stereocenters. The summed E-state index contributed by atoms with van der Waals surface area (Å²) in [5.74, 6) is -0.495. The van der Waals surface area contributed by atoms with Gasteiger partial charge in [0.25, 0.3) is 5.91 Å². The van der Waals surface area contributed by atoms with E-state index in [0.29, 0.717) is 10.3 Å². The smallest absolute Gasteiger partial charge is 0.261 e. The molecule has 21 heavy (non-hydrogen) atoms. The van der Waals surface area contributed by atoms with Crippen LogP contribution < -0.4 is 5.32 Å². The molecule has 0 bridgehead atoms. The molecule has 2 aromatic heterocycles. The highest BCUT2D eigenvalue weighted by Crippen LogP contribution is 2.28. The van der Waals surface area contributed by atoms with Crippen LogP contribution in [0.1, 0.15) is 28.2 Å². The number of hydrogen-bond acceptors (Lipinski definition) is 3. The van der Waals surface area contributed by atoms with Crippen LogP contribution in [0.3, 0.4) is 0 Å². The van der Waals surface area contributed by atoms with Crippen molar-refractivity contribution in [2.24, 2.45) is 0 Å². The Morgan fingerprint density at radius 3 is 2.76 bits per heavy atom. The number of benzene rings is 1. The van der Waals surface area contributed by atoms with Crippen LogP contribution in [0.25, 0.3) is 10.1 Å². The maximum absolute atomic E-state index is 13.7. The third kappa shape index (κ3) is 2.78. The third-order valence-electron chi connectivity index (χ3n) is 3.29. The number of carbonyl (C=O) groups excluding carboxylic acids is 1. The Balaban J connectivity index is 1.82. The van der Waals surface area contributed by atoms with Crippen molar-refractivity contribution in [3.05, 3.63) is 65.0 Å². The molecule has 0 aliphatic carbocycles. The van der Waals surface area contributed by atoms with Crippen molar-refractivity contribution in [1.29, 1.82) is 0 Å². The molecule has 3 rings (SSSR count). The molecule has 0 fully saturated rings. The molecular weight excluding hydrogens is 287 g/mol. The zero-order valence-corrected chi connectivity index (χ0v) is 12.2. The van der Waals surface area contributed by atoms with Gasteiger partial charge in [-0.05, 0) is 42.8 Å². The van der Waals surface area contributed by atoms with Gasteiger partial charge in [0.15, 0.2) is 0 Å². The summed E-state index contributed by atoms with van der Waals surface area (Å²) in [7, 11) is 0. The van der Waals surface area contributed by atoms with Crippen LogP contribution >= 0.6 is 11.3 Å². The number of nitrogens with zero attached hydrogens (tertiary/aromatic N) is 1. The standard InChI is InChI=1S/C16H13FN2OS/c1-10(11-5-7-18-8-6-11)19-16(20)15-9-12-13(17)3-2-4-14(12)21-15/h2-10H,1H3,(H,19,20)/t10-/m1/s1. The van der Waals surface area contributed by atoms with Crippen molar-refractivity contribution < 1.29 is 9.18 Å². The number of halogens is 1. The van der Waals surface area contributed by atoms with Gasteiger partial charge < -0.3 is 5.32 Å². The van der Waals surface area contributed by atoms with Crippen molar-refractivity contribution in [1.82, 2.24) is 10.3 Å². The van der Waals surface area contributed by atoms with Crippen molar-refractivity contribution in [2.45, 2.75) is 13.0 Å². The Bertz CT molecular complexity index is 785. The number of fused-ring (bicyclic) bond motifs is 1. The van der Waals surface area contributed by atoms with Gasteiger partial charge in [-0.1, -0.05) is 6.07 Å². The predicted molar refractivity (Wildman–Crippen MR) is 81.9 cm³/mol. The first kappa shape index (κ1) is 13.7. The minimum atomic E-state index is -0.301. The quantitative estimate of drug-likeness (QED) is 0.796. The molecule has 2 heterocycles. The van der Waals surface area contributed by atoms with Gasteiger partial charge >= 0.3 is 0 Å². The molecule has 3 nitrogen and oxygen atoms in total. The normalized spacial score (nSPS) is 12.3. The number of carbonyl (C=O) groups is 1. The lowest BCUT2D eigenvalue weighted by atomic mass is 10.1. The first-order valence-corrected chi connectivity index (χ1v) is 7.35. The molecule has 0 saturated carbocycles. The summed E-state index contributed by atoms with van der Waals surface area (Å²) in [5.41, 5.74) is 0.977. The fraction of sp³-hybridized carbons (Fsp3) is 0.125. The molecule has 0 unspecified atom stereocenters. The average Bonchev–Trinajstić information content (AvgIpc) is 2.94. The second kappa shape index (κ2) is 5.61. The lowest BCUT2D eigenvalue weighted by Gasteiger charge is -2.13. The van der Waals surface area contributed by atoms with Crippen LogP contribution in [0, 0.1) is 5.82 Å². The summed E-state index contributed by atoms with van der Waals surface area (Å²) in [6.07, 6.45) is 3.37. The number of thiophene rings is 1. The zero-order chi connectivity index (χ0) is 14.8. The highest BCUT2D eigenvalue weighted by atomic mass is 32.1. The topological polar surface area (TPSA) is 42.0 Å². The molecule has 0 spiro atoms. The first-order chi connectivity index (χ1) is 10.1. The molecule has 106 valence electrons. The minimum absolute atomic E-state index is 0.129. The number of hydrogen-bond donors (Lipinski definition) is 1. The zero-order valence-electron chi connectivity index (χ0n) is 11.3. The Kier molecular flexibility index (Phi) is 3.66. The van der Waals surface area contributed by atoms with Crippen molar-refractivity contribution >= 4 is 27.3 Å². The van der Waals surface area contributed by atoms with Crippen LogP contribution in [0.5, 0.6) is 0 Å². The third-order valence-corrected chi connectivity index (χ3v) is 4.38. The summed E-state index contributed by atoms with van der Waals surface area (Å²) in [6.45, 7) is 1.90. The summed E-state index contributed by atoms with van der Waals surface area (Å²) in [5, 5.41) is 3.40. The van der Waals surface area contributed by atoms with E-state index in [1.807, 2.05) is 25.1 Å². The highest BCUT2D eigenvalue weighted by Gasteiger charge is 2.15. The van der Waals surface area contributed by atoms with E-state index in [-0.39, 0.29) is 17.8 Å². The van der Waals surface area contributed by atoms with Gasteiger partial charge in [-0.25, -0.2) is 4.39 Å². The van der Waals surface area contributed by atoms with E-state index in [9.17, 15) is 9.18 Å². The second-order valence-corrected chi connectivity index (χ2v) is 5.82. The Morgan fingerprint density at radius 1 is 1.29 bits per heavy atom. The first-order valence-electron chi connectivity index (χ1n) is 6.54. The van der Waals surface area contributed by atoms with Gasteiger partial charge in [0, 0.05) is 22.5 Å². The monoisotopic (exact) mass is 300 g/mol. The van der Waals surface area contributed by atoms with E-state index in [2.05, 4.69) is 10.3 Å². The van der Waals surface area contributed by atoms with Gasteiger partial charge in [0.1, 0.15) is 5.82 Å². The molecule has 0 saturated heterocycles.